The van der Waals surface area contributed by atoms with Gasteiger partial charge in [0.15, 0.2) is 0 Å². The van der Waals surface area contributed by atoms with Crippen LogP contribution in [-0.2, 0) is 0 Å². The quantitative estimate of drug-likeness (QED) is 0.749. The zero-order valence-corrected chi connectivity index (χ0v) is 10.3. The number of nitrogens with one attached hydrogen (secondary N) is 1. The topological polar surface area (TPSA) is 92.4 Å². The Balaban J connectivity index is 2.23. The van der Waals surface area contributed by atoms with Gasteiger partial charge < -0.3 is 16.2 Å². The molecule has 0 radical (unpaired) electrons. The first-order valence-corrected chi connectivity index (χ1v) is 5.67. The Morgan fingerprint density at radius 2 is 1.90 bits per heavy atom. The lowest BCUT2D eigenvalue weighted by atomic mass is 10.1. The molecule has 1 amide bonds. The molecule has 0 aliphatic rings. The van der Waals surface area contributed by atoms with Crippen molar-refractivity contribution in [3.63, 3.8) is 0 Å². The maximum atomic E-state index is 12.9. The SMILES string of the molecule is Nc1cc(F)ccc1C(=O)Nc1cccc(C(=O)O)c1. The largest absolute Gasteiger partial charge is 0.478 e. The van der Waals surface area contributed by atoms with E-state index < -0.39 is 17.7 Å². The predicted molar refractivity (Wildman–Crippen MR) is 72.2 cm³/mol. The molecule has 102 valence electrons. The highest BCUT2D eigenvalue weighted by atomic mass is 19.1. The Morgan fingerprint density at radius 3 is 2.55 bits per heavy atom. The molecule has 0 aromatic heterocycles. The lowest BCUT2D eigenvalue weighted by Crippen LogP contribution is -2.14. The Labute approximate surface area is 113 Å². The number of carbonyl (C=O) groups excluding carboxylic acids is 1. The molecule has 0 saturated carbocycles. The number of nitrogens with two attached hydrogens (primary N) is 1. The van der Waals surface area contributed by atoms with Crippen LogP contribution in [0.2, 0.25) is 0 Å². The van der Waals surface area contributed by atoms with Crippen molar-refractivity contribution in [1.82, 2.24) is 0 Å². The summed E-state index contributed by atoms with van der Waals surface area (Å²) in [4.78, 5) is 22.8. The minimum atomic E-state index is -1.10. The van der Waals surface area contributed by atoms with Gasteiger partial charge in [-0.15, -0.1) is 0 Å². The first-order valence-electron chi connectivity index (χ1n) is 5.67. The number of carboxylic acid groups (broad SMARTS) is 1. The molecule has 0 fully saturated rings. The zero-order chi connectivity index (χ0) is 14.7. The number of halogens is 1. The van der Waals surface area contributed by atoms with E-state index in [-0.39, 0.29) is 16.8 Å². The van der Waals surface area contributed by atoms with E-state index in [0.717, 1.165) is 12.1 Å². The number of anilines is 2. The fourth-order valence-corrected chi connectivity index (χ4v) is 1.67. The van der Waals surface area contributed by atoms with Crippen molar-refractivity contribution in [1.29, 1.82) is 0 Å². The Hall–Kier alpha value is -2.89. The van der Waals surface area contributed by atoms with Crippen LogP contribution in [0, 0.1) is 5.82 Å². The summed E-state index contributed by atoms with van der Waals surface area (Å²) in [6, 6.07) is 9.21. The third-order valence-electron chi connectivity index (χ3n) is 2.63. The molecule has 0 aliphatic carbocycles. The van der Waals surface area contributed by atoms with Crippen molar-refractivity contribution >= 4 is 23.3 Å². The summed E-state index contributed by atoms with van der Waals surface area (Å²) in [7, 11) is 0. The van der Waals surface area contributed by atoms with Crippen molar-refractivity contribution in [2.24, 2.45) is 0 Å². The summed E-state index contributed by atoms with van der Waals surface area (Å²) >= 11 is 0. The highest BCUT2D eigenvalue weighted by molar-refractivity contribution is 6.08. The number of rotatable bonds is 3. The number of aromatic carboxylic acids is 1. The van der Waals surface area contributed by atoms with Crippen LogP contribution in [0.15, 0.2) is 42.5 Å². The van der Waals surface area contributed by atoms with Crippen molar-refractivity contribution in [2.75, 3.05) is 11.1 Å². The molecule has 2 rings (SSSR count). The molecule has 0 heterocycles. The van der Waals surface area contributed by atoms with Crippen LogP contribution in [0.25, 0.3) is 0 Å². The van der Waals surface area contributed by atoms with E-state index in [1.54, 1.807) is 6.07 Å². The number of amides is 1. The molecule has 6 heteroatoms. The van der Waals surface area contributed by atoms with Crippen molar-refractivity contribution in [2.45, 2.75) is 0 Å². The van der Waals surface area contributed by atoms with Crippen molar-refractivity contribution in [3.8, 4) is 0 Å². The summed E-state index contributed by atoms with van der Waals surface area (Å²) in [5, 5.41) is 11.4. The van der Waals surface area contributed by atoms with Gasteiger partial charge in [-0.2, -0.15) is 0 Å². The van der Waals surface area contributed by atoms with Crippen LogP contribution < -0.4 is 11.1 Å². The molecule has 0 aliphatic heterocycles. The maximum Gasteiger partial charge on any atom is 0.335 e. The van der Waals surface area contributed by atoms with Gasteiger partial charge in [0.05, 0.1) is 11.1 Å². The Kier molecular flexibility index (Phi) is 3.65. The first kappa shape index (κ1) is 13.5. The smallest absolute Gasteiger partial charge is 0.335 e. The summed E-state index contributed by atoms with van der Waals surface area (Å²) in [5.74, 6) is -2.17. The van der Waals surface area contributed by atoms with Crippen LogP contribution in [-0.4, -0.2) is 17.0 Å². The third-order valence-corrected chi connectivity index (χ3v) is 2.63. The van der Waals surface area contributed by atoms with Gasteiger partial charge in [-0.25, -0.2) is 9.18 Å². The van der Waals surface area contributed by atoms with E-state index in [2.05, 4.69) is 5.32 Å². The highest BCUT2D eigenvalue weighted by Crippen LogP contribution is 2.17. The fraction of sp³-hybridized carbons (Fsp3) is 0. The van der Waals surface area contributed by atoms with Gasteiger partial charge in [-0.3, -0.25) is 4.79 Å². The average Bonchev–Trinajstić information content (AvgIpc) is 2.38. The number of hydrogen-bond donors (Lipinski definition) is 3. The molecule has 0 spiro atoms. The average molecular weight is 274 g/mol. The normalized spacial score (nSPS) is 10.1. The lowest BCUT2D eigenvalue weighted by Gasteiger charge is -2.08. The number of carbonyl (C=O) groups is 2. The van der Waals surface area contributed by atoms with Gasteiger partial charge >= 0.3 is 5.97 Å². The zero-order valence-electron chi connectivity index (χ0n) is 10.3. The van der Waals surface area contributed by atoms with Gasteiger partial charge in [-0.05, 0) is 36.4 Å². The highest BCUT2D eigenvalue weighted by Gasteiger charge is 2.11. The van der Waals surface area contributed by atoms with E-state index >= 15 is 0 Å². The Bertz CT molecular complexity index is 686. The monoisotopic (exact) mass is 274 g/mol. The molecular formula is C14H11FN2O3. The third kappa shape index (κ3) is 2.92. The lowest BCUT2D eigenvalue weighted by molar-refractivity contribution is 0.0696. The van der Waals surface area contributed by atoms with Gasteiger partial charge in [0.25, 0.3) is 5.91 Å². The summed E-state index contributed by atoms with van der Waals surface area (Å²) in [6.07, 6.45) is 0. The van der Waals surface area contributed by atoms with Crippen LogP contribution in [0.1, 0.15) is 20.7 Å². The van der Waals surface area contributed by atoms with Gasteiger partial charge in [0, 0.05) is 11.4 Å². The molecule has 0 unspecified atom stereocenters. The van der Waals surface area contributed by atoms with E-state index in [0.29, 0.717) is 5.69 Å². The van der Waals surface area contributed by atoms with Crippen LogP contribution in [0.3, 0.4) is 0 Å². The number of hydrogen-bond acceptors (Lipinski definition) is 3. The first-order chi connectivity index (χ1) is 9.47. The van der Waals surface area contributed by atoms with Crippen LogP contribution >= 0.6 is 0 Å². The maximum absolute atomic E-state index is 12.9. The molecule has 0 atom stereocenters. The van der Waals surface area contributed by atoms with Gasteiger partial charge in [0.2, 0.25) is 0 Å². The van der Waals surface area contributed by atoms with Gasteiger partial charge in [-0.1, -0.05) is 6.07 Å². The fourth-order valence-electron chi connectivity index (χ4n) is 1.67. The minimum absolute atomic E-state index is 0.0110. The van der Waals surface area contributed by atoms with Gasteiger partial charge in [0.1, 0.15) is 5.82 Å². The van der Waals surface area contributed by atoms with Crippen molar-refractivity contribution < 1.29 is 19.1 Å². The summed E-state index contributed by atoms with van der Waals surface area (Å²) in [5.41, 5.74) is 6.06. The standard InChI is InChI=1S/C14H11FN2O3/c15-9-4-5-11(12(16)7-9)13(18)17-10-3-1-2-8(6-10)14(19)20/h1-7H,16H2,(H,17,18)(H,19,20). The molecule has 4 N–H and O–H groups in total. The second-order valence-corrected chi connectivity index (χ2v) is 4.07. The Morgan fingerprint density at radius 1 is 1.15 bits per heavy atom. The molecule has 2 aromatic carbocycles. The van der Waals surface area contributed by atoms with E-state index in [1.807, 2.05) is 0 Å². The van der Waals surface area contributed by atoms with Crippen LogP contribution in [0.5, 0.6) is 0 Å². The van der Waals surface area contributed by atoms with Crippen molar-refractivity contribution in [3.05, 3.63) is 59.4 Å². The number of nitrogen functional groups attached to an aromatic ring is 1. The second-order valence-electron chi connectivity index (χ2n) is 4.07. The van der Waals surface area contributed by atoms with E-state index in [4.69, 9.17) is 10.8 Å². The van der Waals surface area contributed by atoms with E-state index in [9.17, 15) is 14.0 Å². The number of benzene rings is 2. The molecule has 20 heavy (non-hydrogen) atoms. The second kappa shape index (κ2) is 5.40. The predicted octanol–water partition coefficient (Wildman–Crippen LogP) is 2.36. The molecular weight excluding hydrogens is 263 g/mol. The summed E-state index contributed by atoms with van der Waals surface area (Å²) < 4.78 is 12.9. The number of carboxylic acids is 1. The molecule has 5 nitrogen and oxygen atoms in total. The van der Waals surface area contributed by atoms with E-state index in [1.165, 1.54) is 24.3 Å². The molecule has 0 saturated heterocycles. The van der Waals surface area contributed by atoms with Crippen LogP contribution in [0.4, 0.5) is 15.8 Å². The summed E-state index contributed by atoms with van der Waals surface area (Å²) in [6.45, 7) is 0. The molecule has 2 aromatic rings. The molecule has 0 bridgehead atoms. The minimum Gasteiger partial charge on any atom is -0.478 e.